The molecule has 22 heteroatoms. The molecule has 0 bridgehead atoms. The molecule has 0 aromatic heterocycles. The van der Waals surface area contributed by atoms with E-state index in [0.717, 1.165) is 5.56 Å². The number of nitrogens with one attached hydrogen (secondary N) is 6. The summed E-state index contributed by atoms with van der Waals surface area (Å²) in [4.78, 5) is 123. The zero-order valence-corrected chi connectivity index (χ0v) is 41.5. The van der Waals surface area contributed by atoms with Crippen LogP contribution in [-0.2, 0) is 40.0 Å². The summed E-state index contributed by atoms with van der Waals surface area (Å²) in [6.07, 6.45) is 11.1. The van der Waals surface area contributed by atoms with Crippen molar-refractivity contribution in [3.8, 4) is 0 Å². The Hall–Kier alpha value is -6.55. The first-order valence-corrected chi connectivity index (χ1v) is 24.7. The van der Waals surface area contributed by atoms with Crippen LogP contribution in [0.4, 0.5) is 0 Å². The molecule has 12 atom stereocenters. The summed E-state index contributed by atoms with van der Waals surface area (Å²) in [5, 5.41) is 27.6. The van der Waals surface area contributed by atoms with Gasteiger partial charge in [0.15, 0.2) is 0 Å². The minimum atomic E-state index is -1.27. The predicted molar refractivity (Wildman–Crippen MR) is 272 cm³/mol. The van der Waals surface area contributed by atoms with Gasteiger partial charge in [0.05, 0.1) is 30.2 Å². The molecule has 4 heterocycles. The number of nitrogens with two attached hydrogens (primary N) is 1. The summed E-state index contributed by atoms with van der Waals surface area (Å²) >= 11 is 0. The fraction of sp³-hybridized carbons (Fsp3) is 0.612. The van der Waals surface area contributed by atoms with E-state index in [0.29, 0.717) is 32.2 Å². The molecule has 1 saturated heterocycles. The van der Waals surface area contributed by atoms with E-state index in [-0.39, 0.29) is 56.0 Å². The molecule has 6 amide bonds. The number of hydrogen-bond acceptors (Lipinski definition) is 15. The largest absolute Gasteiger partial charge is 0.480 e. The highest BCUT2D eigenvalue weighted by atomic mass is 16.4. The minimum Gasteiger partial charge on any atom is -0.480 e. The summed E-state index contributed by atoms with van der Waals surface area (Å²) in [5.74, 6) is -4.98. The summed E-state index contributed by atoms with van der Waals surface area (Å²) in [6.45, 7) is 11.8. The predicted octanol–water partition coefficient (Wildman–Crippen LogP) is 0.377. The first kappa shape index (κ1) is 55.4. The molecule has 0 aliphatic carbocycles. The zero-order valence-electron chi connectivity index (χ0n) is 41.5. The van der Waals surface area contributed by atoms with Crippen LogP contribution in [0, 0.1) is 17.8 Å². The van der Waals surface area contributed by atoms with Crippen LogP contribution in [0.25, 0.3) is 0 Å². The van der Waals surface area contributed by atoms with Gasteiger partial charge in [0.1, 0.15) is 49.2 Å². The lowest BCUT2D eigenvalue weighted by Gasteiger charge is -2.31. The summed E-state index contributed by atoms with van der Waals surface area (Å²) in [6, 6.07) is -0.0297. The van der Waals surface area contributed by atoms with Crippen LogP contribution in [0.5, 0.6) is 0 Å². The molecular formula is C49H72N14O8. The summed E-state index contributed by atoms with van der Waals surface area (Å²) in [5.41, 5.74) is 7.06. The smallest absolute Gasteiger partial charge is 0.326 e. The zero-order chi connectivity index (χ0) is 51.6. The molecule has 0 saturated carbocycles. The highest BCUT2D eigenvalue weighted by Gasteiger charge is 2.39. The van der Waals surface area contributed by atoms with Crippen molar-refractivity contribution < 1.29 is 38.7 Å². The van der Waals surface area contributed by atoms with E-state index in [1.807, 2.05) is 65.0 Å². The van der Waals surface area contributed by atoms with E-state index in [4.69, 9.17) is 5.73 Å². The minimum absolute atomic E-state index is 0.00881. The molecule has 22 nitrogen and oxygen atoms in total. The van der Waals surface area contributed by atoms with Crippen molar-refractivity contribution in [3.63, 3.8) is 0 Å². The van der Waals surface area contributed by atoms with Gasteiger partial charge in [-0.05, 0) is 49.0 Å². The number of likely N-dealkylation sites (tertiary alicyclic amines) is 1. The van der Waals surface area contributed by atoms with Gasteiger partial charge in [0.2, 0.25) is 35.4 Å². The molecule has 4 unspecified atom stereocenters. The third-order valence-electron chi connectivity index (χ3n) is 12.9. The normalized spacial score (nSPS) is 22.2. The molecule has 4 aliphatic rings. The lowest BCUT2D eigenvalue weighted by atomic mass is 9.95. The molecule has 4 aliphatic heterocycles. The number of benzene rings is 1. The van der Waals surface area contributed by atoms with Gasteiger partial charge in [-0.2, -0.15) is 0 Å². The van der Waals surface area contributed by atoms with Crippen LogP contribution < -0.4 is 37.6 Å². The topological polar surface area (TPSA) is 315 Å². The second-order valence-corrected chi connectivity index (χ2v) is 19.4. The molecule has 5 rings (SSSR count). The van der Waals surface area contributed by atoms with Crippen LogP contribution in [0.3, 0.4) is 0 Å². The van der Waals surface area contributed by atoms with Gasteiger partial charge < -0.3 is 47.6 Å². The van der Waals surface area contributed by atoms with Gasteiger partial charge in [-0.3, -0.25) is 43.7 Å². The number of aliphatic imine (C=N–C) groups is 6. The first-order chi connectivity index (χ1) is 33.9. The van der Waals surface area contributed by atoms with Gasteiger partial charge in [-0.15, -0.1) is 0 Å². The lowest BCUT2D eigenvalue weighted by Crippen LogP contribution is -2.60. The van der Waals surface area contributed by atoms with Crippen LogP contribution in [0.1, 0.15) is 92.1 Å². The van der Waals surface area contributed by atoms with Gasteiger partial charge in [0.25, 0.3) is 0 Å². The molecule has 386 valence electrons. The van der Waals surface area contributed by atoms with Crippen LogP contribution >= 0.6 is 0 Å². The average Bonchev–Trinajstić information content (AvgIpc) is 4.20. The van der Waals surface area contributed by atoms with Crippen LogP contribution in [0.2, 0.25) is 0 Å². The first-order valence-electron chi connectivity index (χ1n) is 24.7. The number of amides is 6. The second-order valence-electron chi connectivity index (χ2n) is 19.4. The molecule has 71 heavy (non-hydrogen) atoms. The van der Waals surface area contributed by atoms with E-state index in [9.17, 15) is 38.7 Å². The number of carboxylic acid groups (broad SMARTS) is 1. The maximum Gasteiger partial charge on any atom is 0.326 e. The monoisotopic (exact) mass is 985 g/mol. The van der Waals surface area contributed by atoms with Gasteiger partial charge in [-0.25, -0.2) is 19.8 Å². The van der Waals surface area contributed by atoms with Crippen molar-refractivity contribution in [3.05, 3.63) is 35.9 Å². The number of carbonyl (C=O) groups is 7. The van der Waals surface area contributed by atoms with Crippen molar-refractivity contribution in [1.82, 2.24) is 36.8 Å². The fourth-order valence-corrected chi connectivity index (χ4v) is 8.85. The van der Waals surface area contributed by atoms with E-state index in [1.54, 1.807) is 19.4 Å². The molecule has 0 spiro atoms. The van der Waals surface area contributed by atoms with Crippen molar-refractivity contribution in [2.75, 3.05) is 13.1 Å². The number of nitrogens with zero attached hydrogens (tertiary/aromatic N) is 7. The highest BCUT2D eigenvalue weighted by molar-refractivity contribution is 5.96. The average molecular weight is 985 g/mol. The number of rotatable bonds is 28. The molecular weight excluding hydrogens is 913 g/mol. The highest BCUT2D eigenvalue weighted by Crippen LogP contribution is 2.21. The molecule has 1 aromatic rings. The van der Waals surface area contributed by atoms with Gasteiger partial charge >= 0.3 is 5.97 Å². The van der Waals surface area contributed by atoms with Crippen molar-refractivity contribution in [2.24, 2.45) is 53.4 Å². The van der Waals surface area contributed by atoms with E-state index >= 15 is 0 Å². The maximum absolute atomic E-state index is 14.5. The Balaban J connectivity index is 1.29. The lowest BCUT2D eigenvalue weighted by molar-refractivity contribution is -0.142. The summed E-state index contributed by atoms with van der Waals surface area (Å²) < 4.78 is 0. The molecule has 1 aromatic carbocycles. The molecule has 1 fully saturated rings. The number of carbonyl (C=O) groups excluding carboxylic acids is 6. The fourth-order valence-electron chi connectivity index (χ4n) is 8.85. The Bertz CT molecular complexity index is 2160. The standard InChI is InChI=1S/C49H72N14O8/c1-7-30(6)42(47(68)61-39(49(70)71)20-34-23-53-27-57-34)62-46(67)41(29(4)5)54-24-35(16-28(2)3)58-43(64)38(19-33-22-52-26-56-33)59-44(65)37(17-31-12-9-8-10-13-31)60-45(66)40-14-11-15-63(40)48(69)36(50)18-32-21-51-25-55-32/h8-10,12-13,21-23,25-30,32-42,54H,7,11,14-20,24,50H2,1-6H3,(H,58,64)(H,59,65)(H,60,66)(H,61,68)(H,62,67)(H,70,71)/t30-,32?,33?,34?,35?,36-,37-,38-,39-,40-,41-,42-/m0/s1. The van der Waals surface area contributed by atoms with E-state index in [1.165, 1.54) is 30.1 Å². The third kappa shape index (κ3) is 16.8. The number of aliphatic carboxylic acids is 1. The Morgan fingerprint density at radius 2 is 1.27 bits per heavy atom. The van der Waals surface area contributed by atoms with Crippen LogP contribution in [0.15, 0.2) is 60.3 Å². The second kappa shape index (κ2) is 27.2. The van der Waals surface area contributed by atoms with Crippen molar-refractivity contribution in [1.29, 1.82) is 0 Å². The third-order valence-corrected chi connectivity index (χ3v) is 12.9. The Morgan fingerprint density at radius 1 is 0.704 bits per heavy atom. The SMILES string of the molecule is CC[C@H](C)[C@H](NC(=O)[C@@H](NCC(CC(C)C)NC(=O)[C@H](CC1C=NC=N1)NC(=O)[C@H](Cc1ccccc1)NC(=O)[C@@H]1CCCN1C(=O)[C@@H](N)CC1C=NC=N1)C(C)C)C(=O)N[C@@H](CC1C=NC=N1)C(=O)O. The van der Waals surface area contributed by atoms with Gasteiger partial charge in [0, 0.05) is 57.0 Å². The maximum atomic E-state index is 14.5. The molecule has 9 N–H and O–H groups in total. The summed E-state index contributed by atoms with van der Waals surface area (Å²) in [7, 11) is 0. The number of hydrogen-bond donors (Lipinski definition) is 8. The quantitative estimate of drug-likeness (QED) is 0.0571. The Morgan fingerprint density at radius 3 is 1.82 bits per heavy atom. The van der Waals surface area contributed by atoms with Crippen molar-refractivity contribution >= 4 is 79.1 Å². The molecule has 0 radical (unpaired) electrons. The van der Waals surface area contributed by atoms with E-state index < -0.39 is 102 Å². The van der Waals surface area contributed by atoms with E-state index in [2.05, 4.69) is 61.9 Å². The Labute approximate surface area is 415 Å². The van der Waals surface area contributed by atoms with Crippen molar-refractivity contribution in [2.45, 2.75) is 159 Å². The van der Waals surface area contributed by atoms with Gasteiger partial charge in [-0.1, -0.05) is 78.3 Å². The Kier molecular flexibility index (Phi) is 21.2. The number of carboxylic acids is 1. The van der Waals surface area contributed by atoms with Crippen LogP contribution in [-0.4, -0.2) is 169 Å².